The molecule has 0 aromatic heterocycles. The van der Waals surface area contributed by atoms with Crippen molar-refractivity contribution in [3.8, 4) is 0 Å². The van der Waals surface area contributed by atoms with Crippen LogP contribution in [0.4, 0.5) is 5.69 Å². The van der Waals surface area contributed by atoms with E-state index in [0.717, 1.165) is 36.2 Å². The molecule has 2 aliphatic rings. The smallest absolute Gasteiger partial charge is 0.231 e. The average Bonchev–Trinajstić information content (AvgIpc) is 2.65. The molecule has 2 heterocycles. The second-order valence-electron chi connectivity index (χ2n) is 5.16. The molecule has 1 aromatic rings. The van der Waals surface area contributed by atoms with Gasteiger partial charge in [-0.2, -0.15) is 0 Å². The SMILES string of the molecule is CN1C(=O)Cc2cc(C3NCCCC3O)ccc21. The van der Waals surface area contributed by atoms with E-state index in [1.54, 1.807) is 4.90 Å². The van der Waals surface area contributed by atoms with Crippen LogP contribution in [0, 0.1) is 0 Å². The van der Waals surface area contributed by atoms with Gasteiger partial charge in [0, 0.05) is 12.7 Å². The molecule has 1 amide bonds. The Balaban J connectivity index is 1.91. The van der Waals surface area contributed by atoms with Crippen molar-refractivity contribution in [2.45, 2.75) is 31.4 Å². The summed E-state index contributed by atoms with van der Waals surface area (Å²) in [7, 11) is 1.81. The lowest BCUT2D eigenvalue weighted by Gasteiger charge is -2.29. The van der Waals surface area contributed by atoms with Crippen molar-refractivity contribution in [3.05, 3.63) is 29.3 Å². The van der Waals surface area contributed by atoms with Crippen LogP contribution in [0.1, 0.15) is 30.0 Å². The molecule has 2 N–H and O–H groups in total. The van der Waals surface area contributed by atoms with Crippen LogP contribution < -0.4 is 10.2 Å². The third-order valence-electron chi connectivity index (χ3n) is 3.97. The number of hydrogen-bond acceptors (Lipinski definition) is 3. The molecular weight excluding hydrogens is 228 g/mol. The molecule has 0 radical (unpaired) electrons. The second kappa shape index (κ2) is 4.37. The maximum absolute atomic E-state index is 11.6. The van der Waals surface area contributed by atoms with Crippen LogP contribution in [-0.4, -0.2) is 30.7 Å². The van der Waals surface area contributed by atoms with E-state index in [0.29, 0.717) is 6.42 Å². The lowest BCUT2D eigenvalue weighted by Crippen LogP contribution is -2.37. The van der Waals surface area contributed by atoms with Gasteiger partial charge in [-0.25, -0.2) is 0 Å². The van der Waals surface area contributed by atoms with Gasteiger partial charge in [-0.3, -0.25) is 4.79 Å². The van der Waals surface area contributed by atoms with Gasteiger partial charge in [0.1, 0.15) is 0 Å². The number of hydrogen-bond donors (Lipinski definition) is 2. The number of nitrogens with one attached hydrogen (secondary N) is 1. The summed E-state index contributed by atoms with van der Waals surface area (Å²) in [4.78, 5) is 13.3. The molecule has 18 heavy (non-hydrogen) atoms. The first kappa shape index (κ1) is 11.7. The Bertz CT molecular complexity index is 487. The number of nitrogens with zero attached hydrogens (tertiary/aromatic N) is 1. The van der Waals surface area contributed by atoms with Gasteiger partial charge in [0.25, 0.3) is 0 Å². The quantitative estimate of drug-likeness (QED) is 0.777. The topological polar surface area (TPSA) is 52.6 Å². The highest BCUT2D eigenvalue weighted by atomic mass is 16.3. The summed E-state index contributed by atoms with van der Waals surface area (Å²) in [6, 6.07) is 6.06. The molecule has 4 nitrogen and oxygen atoms in total. The number of aliphatic hydroxyl groups is 1. The molecule has 2 unspecified atom stereocenters. The maximum atomic E-state index is 11.6. The lowest BCUT2D eigenvalue weighted by atomic mass is 9.93. The zero-order chi connectivity index (χ0) is 12.7. The molecule has 0 aliphatic carbocycles. The van der Waals surface area contributed by atoms with Crippen LogP contribution in [0.2, 0.25) is 0 Å². The number of anilines is 1. The van der Waals surface area contributed by atoms with Crippen molar-refractivity contribution in [2.24, 2.45) is 0 Å². The highest BCUT2D eigenvalue weighted by Crippen LogP contribution is 2.32. The molecule has 96 valence electrons. The number of aliphatic hydroxyl groups excluding tert-OH is 1. The van der Waals surface area contributed by atoms with Crippen molar-refractivity contribution in [3.63, 3.8) is 0 Å². The van der Waals surface area contributed by atoms with Crippen molar-refractivity contribution in [2.75, 3.05) is 18.5 Å². The summed E-state index contributed by atoms with van der Waals surface area (Å²) in [5, 5.41) is 13.4. The van der Waals surface area contributed by atoms with E-state index >= 15 is 0 Å². The number of amides is 1. The molecule has 2 atom stereocenters. The summed E-state index contributed by atoms with van der Waals surface area (Å²) >= 11 is 0. The number of benzene rings is 1. The first-order valence-electron chi connectivity index (χ1n) is 6.47. The van der Waals surface area contributed by atoms with E-state index < -0.39 is 0 Å². The van der Waals surface area contributed by atoms with E-state index in [1.807, 2.05) is 19.2 Å². The van der Waals surface area contributed by atoms with E-state index in [4.69, 9.17) is 0 Å². The van der Waals surface area contributed by atoms with E-state index in [9.17, 15) is 9.90 Å². The van der Waals surface area contributed by atoms with Gasteiger partial charge in [-0.15, -0.1) is 0 Å². The maximum Gasteiger partial charge on any atom is 0.231 e. The van der Waals surface area contributed by atoms with Crippen molar-refractivity contribution in [1.29, 1.82) is 0 Å². The number of rotatable bonds is 1. The third kappa shape index (κ3) is 1.82. The molecule has 0 spiro atoms. The molecule has 0 bridgehead atoms. The average molecular weight is 246 g/mol. The zero-order valence-electron chi connectivity index (χ0n) is 10.5. The number of carbonyl (C=O) groups excluding carboxylic acids is 1. The normalized spacial score (nSPS) is 27.4. The summed E-state index contributed by atoms with van der Waals surface area (Å²) in [6.45, 7) is 0.942. The standard InChI is InChI=1S/C14H18N2O2/c1-16-11-5-4-9(7-10(11)8-13(16)18)14-12(17)3-2-6-15-14/h4-5,7,12,14-15,17H,2-3,6,8H2,1H3. The van der Waals surface area contributed by atoms with Gasteiger partial charge in [-0.1, -0.05) is 12.1 Å². The molecule has 1 aromatic carbocycles. The molecule has 1 fully saturated rings. The first-order chi connectivity index (χ1) is 8.66. The molecular formula is C14H18N2O2. The predicted octanol–water partition coefficient (Wildman–Crippen LogP) is 0.991. The van der Waals surface area contributed by atoms with Crippen molar-refractivity contribution >= 4 is 11.6 Å². The Labute approximate surface area is 107 Å². The van der Waals surface area contributed by atoms with Gasteiger partial charge >= 0.3 is 0 Å². The lowest BCUT2D eigenvalue weighted by molar-refractivity contribution is -0.117. The Kier molecular flexibility index (Phi) is 2.84. The Morgan fingerprint density at radius 1 is 1.44 bits per heavy atom. The van der Waals surface area contributed by atoms with Crippen LogP contribution in [0.5, 0.6) is 0 Å². The molecule has 0 saturated carbocycles. The summed E-state index contributed by atoms with van der Waals surface area (Å²) in [5.74, 6) is 0.138. The number of piperidine rings is 1. The van der Waals surface area contributed by atoms with Crippen LogP contribution >= 0.6 is 0 Å². The highest BCUT2D eigenvalue weighted by Gasteiger charge is 2.28. The predicted molar refractivity (Wildman–Crippen MR) is 69.5 cm³/mol. The summed E-state index contributed by atoms with van der Waals surface area (Å²) in [5.41, 5.74) is 3.15. The number of carbonyl (C=O) groups is 1. The minimum absolute atomic E-state index is 0.00468. The van der Waals surface area contributed by atoms with Gasteiger partial charge in [0.05, 0.1) is 18.6 Å². The number of likely N-dealkylation sites (N-methyl/N-ethyl adjacent to an activating group) is 1. The fourth-order valence-corrected chi connectivity index (χ4v) is 2.90. The Morgan fingerprint density at radius 3 is 3.06 bits per heavy atom. The van der Waals surface area contributed by atoms with E-state index in [-0.39, 0.29) is 18.1 Å². The Morgan fingerprint density at radius 2 is 2.28 bits per heavy atom. The zero-order valence-corrected chi connectivity index (χ0v) is 10.5. The monoisotopic (exact) mass is 246 g/mol. The Hall–Kier alpha value is -1.39. The molecule has 2 aliphatic heterocycles. The summed E-state index contributed by atoms with van der Waals surface area (Å²) < 4.78 is 0. The number of fused-ring (bicyclic) bond motifs is 1. The molecule has 3 rings (SSSR count). The van der Waals surface area contributed by atoms with Crippen molar-refractivity contribution in [1.82, 2.24) is 5.32 Å². The fourth-order valence-electron chi connectivity index (χ4n) is 2.90. The van der Waals surface area contributed by atoms with Crippen LogP contribution in [0.25, 0.3) is 0 Å². The van der Waals surface area contributed by atoms with E-state index in [2.05, 4.69) is 11.4 Å². The largest absolute Gasteiger partial charge is 0.391 e. The van der Waals surface area contributed by atoms with E-state index in [1.165, 1.54) is 0 Å². The van der Waals surface area contributed by atoms with Gasteiger partial charge in [0.2, 0.25) is 5.91 Å². The second-order valence-corrected chi connectivity index (χ2v) is 5.16. The summed E-state index contributed by atoms with van der Waals surface area (Å²) in [6.07, 6.45) is 2.01. The highest BCUT2D eigenvalue weighted by molar-refractivity contribution is 6.00. The van der Waals surface area contributed by atoms with Crippen LogP contribution in [0.3, 0.4) is 0 Å². The van der Waals surface area contributed by atoms with Crippen LogP contribution in [-0.2, 0) is 11.2 Å². The van der Waals surface area contributed by atoms with Gasteiger partial charge in [-0.05, 0) is 36.6 Å². The minimum Gasteiger partial charge on any atom is -0.391 e. The molecule has 4 heteroatoms. The van der Waals surface area contributed by atoms with Crippen LogP contribution in [0.15, 0.2) is 18.2 Å². The third-order valence-corrected chi connectivity index (χ3v) is 3.97. The minimum atomic E-state index is -0.327. The molecule has 1 saturated heterocycles. The van der Waals surface area contributed by atoms with Gasteiger partial charge < -0.3 is 15.3 Å². The fraction of sp³-hybridized carbons (Fsp3) is 0.500. The van der Waals surface area contributed by atoms with Gasteiger partial charge in [0.15, 0.2) is 0 Å². The first-order valence-corrected chi connectivity index (χ1v) is 6.47. The van der Waals surface area contributed by atoms with Crippen molar-refractivity contribution < 1.29 is 9.90 Å².